The van der Waals surface area contributed by atoms with Gasteiger partial charge in [0.25, 0.3) is 5.91 Å². The van der Waals surface area contributed by atoms with Crippen LogP contribution in [0, 0.1) is 13.8 Å². The highest BCUT2D eigenvalue weighted by atomic mass is 35.5. The number of nitrogens with one attached hydrogen (secondary N) is 1. The Bertz CT molecular complexity index is 830. The second-order valence-electron chi connectivity index (χ2n) is 5.87. The number of hydrogen-bond acceptors (Lipinski definition) is 4. The molecule has 1 aliphatic rings. The number of carbonyl (C=O) groups excluding carboxylic acids is 2. The number of amides is 3. The molecule has 0 aliphatic carbocycles. The molecule has 3 amide bonds. The monoisotopic (exact) mass is 367 g/mol. The topological polar surface area (TPSA) is 75.4 Å². The van der Waals surface area contributed by atoms with E-state index in [1.165, 1.54) is 0 Å². The Morgan fingerprint density at radius 3 is 2.58 bits per heavy atom. The van der Waals surface area contributed by atoms with E-state index in [1.54, 1.807) is 39.0 Å². The van der Waals surface area contributed by atoms with Crippen molar-refractivity contribution < 1.29 is 14.1 Å². The average Bonchev–Trinajstić information content (AvgIpc) is 2.92. The molecule has 0 bridgehead atoms. The van der Waals surface area contributed by atoms with Crippen LogP contribution in [0.25, 0.3) is 0 Å². The van der Waals surface area contributed by atoms with Crippen molar-refractivity contribution in [2.75, 3.05) is 0 Å². The summed E-state index contributed by atoms with van der Waals surface area (Å²) in [6, 6.07) is 4.32. The van der Waals surface area contributed by atoms with Crippen molar-refractivity contribution >= 4 is 35.1 Å². The summed E-state index contributed by atoms with van der Waals surface area (Å²) in [5.41, 5.74) is 0.599. The molecule has 1 N–H and O–H groups in total. The van der Waals surface area contributed by atoms with E-state index in [9.17, 15) is 9.59 Å². The van der Waals surface area contributed by atoms with Crippen LogP contribution in [0.5, 0.6) is 0 Å². The SMILES string of the molecule is Cc1noc(C)c1CN1C(=O)NC(C)(c2ccc(Cl)cc2Cl)C1=O. The second kappa shape index (κ2) is 5.79. The maximum absolute atomic E-state index is 12.9. The van der Waals surface area contributed by atoms with Crippen LogP contribution in [-0.4, -0.2) is 22.0 Å². The Morgan fingerprint density at radius 2 is 2.00 bits per heavy atom. The van der Waals surface area contributed by atoms with Crippen molar-refractivity contribution in [3.8, 4) is 0 Å². The Labute approximate surface area is 148 Å². The van der Waals surface area contributed by atoms with Crippen molar-refractivity contribution in [2.24, 2.45) is 0 Å². The third kappa shape index (κ3) is 2.56. The molecule has 24 heavy (non-hydrogen) atoms. The van der Waals surface area contributed by atoms with Gasteiger partial charge in [0.2, 0.25) is 0 Å². The number of imide groups is 1. The molecule has 3 rings (SSSR count). The van der Waals surface area contributed by atoms with Crippen molar-refractivity contribution in [1.29, 1.82) is 0 Å². The van der Waals surface area contributed by atoms with Gasteiger partial charge < -0.3 is 9.84 Å². The van der Waals surface area contributed by atoms with Crippen LogP contribution in [0.15, 0.2) is 22.7 Å². The number of aromatic nitrogens is 1. The summed E-state index contributed by atoms with van der Waals surface area (Å²) >= 11 is 12.1. The van der Waals surface area contributed by atoms with Crippen molar-refractivity contribution in [1.82, 2.24) is 15.4 Å². The Hall–Kier alpha value is -2.05. The average molecular weight is 368 g/mol. The number of nitrogens with zero attached hydrogens (tertiary/aromatic N) is 2. The van der Waals surface area contributed by atoms with Crippen LogP contribution >= 0.6 is 23.2 Å². The number of hydrogen-bond donors (Lipinski definition) is 1. The van der Waals surface area contributed by atoms with E-state index < -0.39 is 17.5 Å². The normalized spacial score (nSPS) is 20.6. The van der Waals surface area contributed by atoms with Gasteiger partial charge in [0.05, 0.1) is 12.2 Å². The molecule has 2 heterocycles. The van der Waals surface area contributed by atoms with Crippen molar-refractivity contribution in [2.45, 2.75) is 32.9 Å². The zero-order valence-electron chi connectivity index (χ0n) is 13.3. The molecule has 1 aromatic carbocycles. The fourth-order valence-corrected chi connectivity index (χ4v) is 3.40. The first-order valence-corrected chi connectivity index (χ1v) is 8.01. The first-order valence-electron chi connectivity index (χ1n) is 7.25. The van der Waals surface area contributed by atoms with Crippen LogP contribution in [0.3, 0.4) is 0 Å². The number of benzene rings is 1. The Kier molecular flexibility index (Phi) is 4.05. The Balaban J connectivity index is 1.96. The van der Waals surface area contributed by atoms with Gasteiger partial charge in [-0.3, -0.25) is 9.69 Å². The van der Waals surface area contributed by atoms with Gasteiger partial charge in [0.15, 0.2) is 0 Å². The molecule has 0 saturated carbocycles. The quantitative estimate of drug-likeness (QED) is 0.841. The lowest BCUT2D eigenvalue weighted by atomic mass is 9.92. The first kappa shape index (κ1) is 16.8. The maximum atomic E-state index is 12.9. The predicted octanol–water partition coefficient (Wildman–Crippen LogP) is 3.57. The van der Waals surface area contributed by atoms with Crippen LogP contribution in [0.2, 0.25) is 10.0 Å². The minimum absolute atomic E-state index is 0.0899. The van der Waals surface area contributed by atoms with Gasteiger partial charge >= 0.3 is 6.03 Å². The highest BCUT2D eigenvalue weighted by Crippen LogP contribution is 2.35. The summed E-state index contributed by atoms with van der Waals surface area (Å²) in [5.74, 6) is 0.183. The smallest absolute Gasteiger partial charge is 0.325 e. The second-order valence-corrected chi connectivity index (χ2v) is 6.72. The lowest BCUT2D eigenvalue weighted by molar-refractivity contribution is -0.131. The molecular formula is C16H15Cl2N3O3. The van der Waals surface area contributed by atoms with E-state index in [4.69, 9.17) is 27.7 Å². The molecule has 1 saturated heterocycles. The lowest BCUT2D eigenvalue weighted by Crippen LogP contribution is -2.41. The zero-order valence-corrected chi connectivity index (χ0v) is 14.8. The molecule has 1 aliphatic heterocycles. The third-order valence-corrected chi connectivity index (χ3v) is 4.79. The Morgan fingerprint density at radius 1 is 1.29 bits per heavy atom. The van der Waals surface area contributed by atoms with E-state index in [-0.39, 0.29) is 6.54 Å². The van der Waals surface area contributed by atoms with E-state index in [0.717, 1.165) is 4.90 Å². The highest BCUT2D eigenvalue weighted by molar-refractivity contribution is 6.35. The molecule has 1 fully saturated rings. The molecule has 0 radical (unpaired) electrons. The van der Waals surface area contributed by atoms with Crippen molar-refractivity contribution in [3.63, 3.8) is 0 Å². The molecule has 6 nitrogen and oxygen atoms in total. The molecule has 1 unspecified atom stereocenters. The number of rotatable bonds is 3. The van der Waals surface area contributed by atoms with Crippen LogP contribution in [0.4, 0.5) is 4.79 Å². The minimum Gasteiger partial charge on any atom is -0.361 e. The van der Waals surface area contributed by atoms with E-state index >= 15 is 0 Å². The van der Waals surface area contributed by atoms with Gasteiger partial charge in [0, 0.05) is 21.2 Å². The fraction of sp³-hybridized carbons (Fsp3) is 0.312. The van der Waals surface area contributed by atoms with Gasteiger partial charge in [-0.25, -0.2) is 4.79 Å². The van der Waals surface area contributed by atoms with E-state index in [1.807, 2.05) is 0 Å². The standard InChI is InChI=1S/C16H15Cl2N3O3/c1-8-11(9(2)24-20-8)7-21-14(22)16(3,19-15(21)23)12-5-4-10(17)6-13(12)18/h4-6H,7H2,1-3H3,(H,19,23). The largest absolute Gasteiger partial charge is 0.361 e. The first-order chi connectivity index (χ1) is 11.2. The minimum atomic E-state index is -1.25. The fourth-order valence-electron chi connectivity index (χ4n) is 2.80. The molecule has 8 heteroatoms. The number of halogens is 2. The van der Waals surface area contributed by atoms with Gasteiger partial charge in [0.1, 0.15) is 11.3 Å². The molecule has 1 aromatic heterocycles. The van der Waals surface area contributed by atoms with Gasteiger partial charge in [-0.1, -0.05) is 34.4 Å². The van der Waals surface area contributed by atoms with Crippen molar-refractivity contribution in [3.05, 3.63) is 50.8 Å². The summed E-state index contributed by atoms with van der Waals surface area (Å²) in [6.07, 6.45) is 0. The third-order valence-electron chi connectivity index (χ3n) is 4.24. The predicted molar refractivity (Wildman–Crippen MR) is 88.9 cm³/mol. The molecule has 126 valence electrons. The van der Waals surface area contributed by atoms with Gasteiger partial charge in [-0.05, 0) is 32.9 Å². The summed E-state index contributed by atoms with van der Waals surface area (Å²) in [5, 5.41) is 7.34. The lowest BCUT2D eigenvalue weighted by Gasteiger charge is -2.23. The number of urea groups is 1. The zero-order chi connectivity index (χ0) is 17.6. The molecule has 1 atom stereocenters. The number of carbonyl (C=O) groups is 2. The summed E-state index contributed by atoms with van der Waals surface area (Å²) in [6.45, 7) is 5.21. The van der Waals surface area contributed by atoms with Crippen LogP contribution in [0.1, 0.15) is 29.5 Å². The number of aryl methyl sites for hydroxylation is 2. The summed E-state index contributed by atoms with van der Waals surface area (Å²) in [7, 11) is 0. The summed E-state index contributed by atoms with van der Waals surface area (Å²) in [4.78, 5) is 26.4. The molecule has 0 spiro atoms. The molecule has 2 aromatic rings. The van der Waals surface area contributed by atoms with Gasteiger partial charge in [-0.15, -0.1) is 0 Å². The van der Waals surface area contributed by atoms with E-state index in [2.05, 4.69) is 10.5 Å². The van der Waals surface area contributed by atoms with Crippen LogP contribution < -0.4 is 5.32 Å². The molecular weight excluding hydrogens is 353 g/mol. The maximum Gasteiger partial charge on any atom is 0.325 e. The van der Waals surface area contributed by atoms with E-state index in [0.29, 0.717) is 32.6 Å². The van der Waals surface area contributed by atoms with Gasteiger partial charge in [-0.2, -0.15) is 0 Å². The highest BCUT2D eigenvalue weighted by Gasteiger charge is 2.50. The summed E-state index contributed by atoms with van der Waals surface area (Å²) < 4.78 is 5.09. The van der Waals surface area contributed by atoms with Crippen LogP contribution in [-0.2, 0) is 16.9 Å².